The average Bonchev–Trinajstić information content (AvgIpc) is 3.19. The first-order chi connectivity index (χ1) is 20.7. The molecule has 2 aromatic heterocycles. The largest absolute Gasteiger partial charge is 0.479 e. The molecule has 0 amide bonds. The standard InChI is InChI=1S/C27H23ClFN5O9S/c1-44(40,41)15-8-6-14(7-9-15)13-4-2-12(3-5-13)10-26(23(35)36,24(37)38)43-19-18-27(19,39)17(29)22(42-18)34-11-31-16-20(30)32-25(28)33-21(16)34/h2-9,11,17-19,22,39H,10H2,1H3,(H,35,36)(H,37,38)(H2,30,32,33)/t17-,18-,19?,22-,27+/m1/s1. The number of benzene rings is 2. The number of hydrogen-bond donors (Lipinski definition) is 4. The van der Waals surface area contributed by atoms with Crippen molar-refractivity contribution < 1.29 is 47.2 Å². The Hall–Kier alpha value is -4.22. The predicted octanol–water partition coefficient (Wildman–Crippen LogP) is 1.65. The van der Waals surface area contributed by atoms with Gasteiger partial charge in [0.1, 0.15) is 17.7 Å². The SMILES string of the molecule is CS(=O)(=O)c1ccc(-c2ccc(CC(OC3[C@H]4O[C@@H](n5cnc6c(N)nc(Cl)nc65)[C@@H](F)[C@@]34O)(C(=O)O)C(=O)O)cc2)cc1. The van der Waals surface area contributed by atoms with E-state index in [0.717, 1.165) is 17.2 Å². The van der Waals surface area contributed by atoms with E-state index >= 15 is 4.39 Å². The van der Waals surface area contributed by atoms with Crippen LogP contribution in [0.15, 0.2) is 59.8 Å². The number of hydrogen-bond acceptors (Lipinski definition) is 11. The summed E-state index contributed by atoms with van der Waals surface area (Å²) in [6, 6.07) is 12.3. The van der Waals surface area contributed by atoms with Crippen LogP contribution in [0.25, 0.3) is 22.3 Å². The van der Waals surface area contributed by atoms with Crippen LogP contribution in [0.2, 0.25) is 5.28 Å². The average molecular weight is 648 g/mol. The number of aliphatic carboxylic acids is 2. The molecule has 1 aliphatic heterocycles. The van der Waals surface area contributed by atoms with Crippen LogP contribution in [-0.2, 0) is 35.3 Å². The lowest BCUT2D eigenvalue weighted by atomic mass is 9.93. The van der Waals surface area contributed by atoms with Gasteiger partial charge in [-0.1, -0.05) is 36.4 Å². The number of nitrogen functional groups attached to an aromatic ring is 1. The lowest BCUT2D eigenvalue weighted by molar-refractivity contribution is -0.194. The van der Waals surface area contributed by atoms with Gasteiger partial charge in [0.25, 0.3) is 5.60 Å². The third kappa shape index (κ3) is 4.66. The van der Waals surface area contributed by atoms with Crippen molar-refractivity contribution in [2.75, 3.05) is 12.0 Å². The molecular weight excluding hydrogens is 625 g/mol. The van der Waals surface area contributed by atoms with Gasteiger partial charge in [-0.3, -0.25) is 4.57 Å². The van der Waals surface area contributed by atoms with Crippen molar-refractivity contribution in [3.05, 3.63) is 65.7 Å². The molecule has 6 rings (SSSR count). The van der Waals surface area contributed by atoms with E-state index in [9.17, 15) is 33.3 Å². The van der Waals surface area contributed by atoms with Crippen LogP contribution in [0.1, 0.15) is 11.8 Å². The summed E-state index contributed by atoms with van der Waals surface area (Å²) in [6.07, 6.45) is -5.16. The molecule has 44 heavy (non-hydrogen) atoms. The van der Waals surface area contributed by atoms with Crippen molar-refractivity contribution in [2.45, 2.75) is 47.1 Å². The zero-order valence-corrected chi connectivity index (χ0v) is 24.1. The number of nitrogens with zero attached hydrogens (tertiary/aromatic N) is 4. The molecule has 230 valence electrons. The van der Waals surface area contributed by atoms with E-state index in [1.165, 1.54) is 24.3 Å². The Morgan fingerprint density at radius 1 is 1.11 bits per heavy atom. The quantitative estimate of drug-likeness (QED) is 0.150. The highest BCUT2D eigenvalue weighted by Gasteiger charge is 2.80. The fraction of sp³-hybridized carbons (Fsp3) is 0.296. The molecule has 1 saturated carbocycles. The molecule has 17 heteroatoms. The van der Waals surface area contributed by atoms with Gasteiger partial charge in [-0.2, -0.15) is 9.97 Å². The molecule has 2 aliphatic rings. The lowest BCUT2D eigenvalue weighted by Crippen LogP contribution is -2.53. The molecule has 4 aromatic rings. The summed E-state index contributed by atoms with van der Waals surface area (Å²) >= 11 is 5.86. The Morgan fingerprint density at radius 2 is 1.70 bits per heavy atom. The lowest BCUT2D eigenvalue weighted by Gasteiger charge is -2.29. The molecule has 1 saturated heterocycles. The minimum atomic E-state index is -3.38. The maximum atomic E-state index is 15.7. The molecule has 2 fully saturated rings. The Morgan fingerprint density at radius 3 is 2.23 bits per heavy atom. The van der Waals surface area contributed by atoms with E-state index in [0.29, 0.717) is 11.1 Å². The van der Waals surface area contributed by atoms with Gasteiger partial charge < -0.3 is 30.5 Å². The van der Waals surface area contributed by atoms with E-state index in [1.807, 2.05) is 0 Å². The number of aliphatic hydroxyl groups is 1. The number of ether oxygens (including phenoxy) is 2. The highest BCUT2D eigenvalue weighted by molar-refractivity contribution is 7.90. The predicted molar refractivity (Wildman–Crippen MR) is 150 cm³/mol. The Balaban J connectivity index is 1.22. The summed E-state index contributed by atoms with van der Waals surface area (Å²) in [6.45, 7) is 0. The summed E-state index contributed by atoms with van der Waals surface area (Å²) < 4.78 is 51.4. The molecule has 3 heterocycles. The summed E-state index contributed by atoms with van der Waals surface area (Å²) in [5.74, 6) is -3.80. The molecule has 5 atom stereocenters. The van der Waals surface area contributed by atoms with E-state index in [4.69, 9.17) is 26.8 Å². The Labute approximate surface area is 252 Å². The Kier molecular flexibility index (Phi) is 6.89. The maximum absolute atomic E-state index is 15.7. The first kappa shape index (κ1) is 29.8. The molecule has 0 radical (unpaired) electrons. The number of carboxylic acids is 2. The third-order valence-corrected chi connectivity index (χ3v) is 9.09. The van der Waals surface area contributed by atoms with Gasteiger partial charge >= 0.3 is 11.9 Å². The fourth-order valence-electron chi connectivity index (χ4n) is 5.33. The number of nitrogens with two attached hydrogens (primary N) is 1. The molecule has 0 bridgehead atoms. The number of carboxylic acid groups (broad SMARTS) is 2. The number of alkyl halides is 1. The third-order valence-electron chi connectivity index (χ3n) is 7.79. The van der Waals surface area contributed by atoms with Crippen molar-refractivity contribution in [1.29, 1.82) is 0 Å². The minimum absolute atomic E-state index is 0.0257. The number of carbonyl (C=O) groups is 2. The first-order valence-electron chi connectivity index (χ1n) is 12.9. The van der Waals surface area contributed by atoms with Crippen molar-refractivity contribution in [3.8, 4) is 11.1 Å². The van der Waals surface area contributed by atoms with Crippen LogP contribution in [0.3, 0.4) is 0 Å². The number of fused-ring (bicyclic) bond motifs is 2. The molecule has 14 nitrogen and oxygen atoms in total. The number of aromatic nitrogens is 4. The second-order valence-corrected chi connectivity index (χ2v) is 12.9. The van der Waals surface area contributed by atoms with Crippen molar-refractivity contribution in [2.24, 2.45) is 0 Å². The van der Waals surface area contributed by atoms with Crippen molar-refractivity contribution >= 4 is 50.4 Å². The van der Waals surface area contributed by atoms with E-state index in [2.05, 4.69) is 15.0 Å². The van der Waals surface area contributed by atoms with Gasteiger partial charge in [0.2, 0.25) is 5.28 Å². The number of sulfone groups is 1. The van der Waals surface area contributed by atoms with Gasteiger partial charge in [0.05, 0.1) is 11.2 Å². The topological polar surface area (TPSA) is 217 Å². The summed E-state index contributed by atoms with van der Waals surface area (Å²) in [4.78, 5) is 36.7. The maximum Gasteiger partial charge on any atom is 0.348 e. The van der Waals surface area contributed by atoms with Crippen molar-refractivity contribution in [3.63, 3.8) is 0 Å². The zero-order valence-electron chi connectivity index (χ0n) is 22.5. The highest BCUT2D eigenvalue weighted by Crippen LogP contribution is 2.58. The monoisotopic (exact) mass is 647 g/mol. The summed E-state index contributed by atoms with van der Waals surface area (Å²) in [5, 5.41) is 30.9. The molecule has 0 spiro atoms. The molecule has 1 aliphatic carbocycles. The van der Waals surface area contributed by atoms with Gasteiger partial charge in [0.15, 0.2) is 39.3 Å². The summed E-state index contributed by atoms with van der Waals surface area (Å²) in [5.41, 5.74) is 2.21. The number of imidazole rings is 1. The molecule has 5 N–H and O–H groups in total. The van der Waals surface area contributed by atoms with Crippen LogP contribution in [0.5, 0.6) is 0 Å². The second-order valence-electron chi connectivity index (χ2n) is 10.6. The van der Waals surface area contributed by atoms with Crippen LogP contribution in [0.4, 0.5) is 10.2 Å². The smallest absolute Gasteiger partial charge is 0.348 e. The van der Waals surface area contributed by atoms with Crippen molar-refractivity contribution in [1.82, 2.24) is 19.5 Å². The fourth-order valence-corrected chi connectivity index (χ4v) is 6.13. The second kappa shape index (κ2) is 10.2. The summed E-state index contributed by atoms with van der Waals surface area (Å²) in [7, 11) is -3.38. The van der Waals surface area contributed by atoms with Crippen LogP contribution >= 0.6 is 11.6 Å². The van der Waals surface area contributed by atoms with Crippen LogP contribution in [-0.4, -0.2) is 91.0 Å². The first-order valence-corrected chi connectivity index (χ1v) is 15.2. The number of rotatable bonds is 9. The van der Waals surface area contributed by atoms with Gasteiger partial charge in [0, 0.05) is 12.7 Å². The molecular formula is C27H23ClFN5O9S. The van der Waals surface area contributed by atoms with Crippen LogP contribution in [0, 0.1) is 0 Å². The number of anilines is 1. The highest BCUT2D eigenvalue weighted by atomic mass is 35.5. The zero-order chi connectivity index (χ0) is 31.8. The minimum Gasteiger partial charge on any atom is -0.479 e. The molecule has 2 aromatic carbocycles. The van der Waals surface area contributed by atoms with Crippen LogP contribution < -0.4 is 5.73 Å². The molecule has 1 unspecified atom stereocenters. The van der Waals surface area contributed by atoms with E-state index in [1.54, 1.807) is 24.3 Å². The van der Waals surface area contributed by atoms with Gasteiger partial charge in [-0.25, -0.2) is 27.4 Å². The van der Waals surface area contributed by atoms with Gasteiger partial charge in [-0.15, -0.1) is 0 Å². The van der Waals surface area contributed by atoms with Gasteiger partial charge in [-0.05, 0) is 40.4 Å². The number of halogens is 2. The normalized spacial score (nSPS) is 24.7. The van der Waals surface area contributed by atoms with E-state index < -0.39 is 64.0 Å². The van der Waals surface area contributed by atoms with E-state index in [-0.39, 0.29) is 32.7 Å². The Bertz CT molecular complexity index is 1910.